The molecule has 1 aliphatic heterocycles. The van der Waals surface area contributed by atoms with E-state index in [1.807, 2.05) is 164 Å². The average molecular weight is 1580 g/mol. The van der Waals surface area contributed by atoms with Crippen LogP contribution in [0.4, 0.5) is 0 Å². The largest absolute Gasteiger partial charge is 0.494 e. The predicted molar refractivity (Wildman–Crippen MR) is 469 cm³/mol. The number of aromatic nitrogens is 6. The van der Waals surface area contributed by atoms with E-state index in [2.05, 4.69) is 220 Å². The third-order valence-electron chi connectivity index (χ3n) is 24.3. The van der Waals surface area contributed by atoms with E-state index < -0.39 is 17.9 Å². The second-order valence-electron chi connectivity index (χ2n) is 31.2. The molecule has 0 unspecified atom stereocenters. The summed E-state index contributed by atoms with van der Waals surface area (Å²) < 4.78 is 25.1. The summed E-state index contributed by atoms with van der Waals surface area (Å²) in [5.74, 6) is 3.81. The molecule has 14 heteroatoms. The molecule has 12 nitrogen and oxygen atoms in total. The van der Waals surface area contributed by atoms with Gasteiger partial charge in [0, 0.05) is 48.6 Å². The summed E-state index contributed by atoms with van der Waals surface area (Å²) in [6.45, 7) is 8.23. The number of fused-ring (bicyclic) bond motifs is 24. The van der Waals surface area contributed by atoms with Crippen molar-refractivity contribution >= 4 is 50.4 Å². The van der Waals surface area contributed by atoms with Gasteiger partial charge in [-0.3, -0.25) is 0 Å². The fourth-order valence-electron chi connectivity index (χ4n) is 18.3. The second-order valence-corrected chi connectivity index (χ2v) is 32.2. The van der Waals surface area contributed by atoms with Crippen molar-refractivity contribution in [3.8, 4) is 136 Å². The fraction of sp³-hybridized carbons (Fsp3) is 0.0769. The summed E-state index contributed by atoms with van der Waals surface area (Å²) in [6, 6.07) is 118. The zero-order valence-corrected chi connectivity index (χ0v) is 66.1. The lowest BCUT2D eigenvalue weighted by Gasteiger charge is -2.32. The molecule has 0 bridgehead atoms. The van der Waals surface area contributed by atoms with Crippen LogP contribution in [0.5, 0.6) is 0 Å². The number of rotatable bonds is 8. The van der Waals surface area contributed by atoms with E-state index in [-0.39, 0.29) is 11.2 Å². The van der Waals surface area contributed by atoms with Crippen LogP contribution in [0.2, 0.25) is 0 Å². The second kappa shape index (κ2) is 28.0. The molecule has 1 saturated heterocycles. The van der Waals surface area contributed by atoms with E-state index in [1.54, 1.807) is 12.5 Å². The summed E-state index contributed by atoms with van der Waals surface area (Å²) in [5, 5.41) is 22.3. The molecule has 18 aromatic rings. The number of hydrogen-bond acceptors (Lipinski definition) is 12. The van der Waals surface area contributed by atoms with E-state index in [0.29, 0.717) is 57.2 Å². The Labute approximate surface area is 690 Å². The number of benzene rings is 14. The highest BCUT2D eigenvalue weighted by atomic mass is 79.9. The van der Waals surface area contributed by atoms with Crippen molar-refractivity contribution < 1.29 is 18.1 Å². The Balaban J connectivity index is 0.000000117. The highest BCUT2D eigenvalue weighted by molar-refractivity contribution is 9.10. The zero-order chi connectivity index (χ0) is 79.6. The van der Waals surface area contributed by atoms with Crippen LogP contribution in [0.1, 0.15) is 83.3 Å². The summed E-state index contributed by atoms with van der Waals surface area (Å²) in [4.78, 5) is 29.1. The van der Waals surface area contributed by atoms with Crippen molar-refractivity contribution in [1.29, 1.82) is 10.5 Å². The first-order valence-electron chi connectivity index (χ1n) is 39.3. The van der Waals surface area contributed by atoms with Gasteiger partial charge in [0.05, 0.1) is 45.7 Å². The van der Waals surface area contributed by atoms with Crippen molar-refractivity contribution in [3.05, 3.63) is 400 Å². The van der Waals surface area contributed by atoms with Gasteiger partial charge < -0.3 is 18.1 Å². The first-order valence-corrected chi connectivity index (χ1v) is 40.1. The monoisotopic (exact) mass is 1580 g/mol. The van der Waals surface area contributed by atoms with Gasteiger partial charge >= 0.3 is 7.12 Å². The lowest BCUT2D eigenvalue weighted by molar-refractivity contribution is 0.00578. The van der Waals surface area contributed by atoms with Crippen molar-refractivity contribution in [2.75, 3.05) is 0 Å². The Morgan fingerprint density at radius 1 is 0.288 bits per heavy atom. The standard InChI is InChI=1S/C49H28N4O.C28H14BrNO.C27H26BN3O2/c50-29-35-28-43-44(39-25-26-54-45(35)39)38-24-23-34(27-42(38)49(43)40-17-9-7-15-36(40)37-16-8-10-18-41(37)49)30-19-21-33(22-20-30)48-52-46(31-11-3-1-4-12-31)51-47(53-48)32-13-5-2-6-14-32;29-17-9-10-20-24(14-17)28(25-13-16(15-30)27-21(26(20)25)11-12-31-27)22-7-3-1-5-18(22)19-6-2-4-8-23(19)28;1-26(2)27(3,4)33-28(32-26)22-17-15-21(16-18-22)25-30-23(19-11-7-5-8-12-19)29-24(31-25)20-13-9-6-10-14-20/h1-28H;1-14H;5-18H,1-4H3. The maximum atomic E-state index is 10.3. The van der Waals surface area contributed by atoms with Gasteiger partial charge in [0.15, 0.2) is 46.1 Å². The van der Waals surface area contributed by atoms with Crippen LogP contribution in [-0.2, 0) is 20.1 Å². The molecule has 558 valence electrons. The van der Waals surface area contributed by atoms with Crippen molar-refractivity contribution in [3.63, 3.8) is 0 Å². The summed E-state index contributed by atoms with van der Waals surface area (Å²) in [5.41, 5.74) is 28.6. The molecular formula is C104H68BBrN8O4. The minimum absolute atomic E-state index is 0.375. The lowest BCUT2D eigenvalue weighted by atomic mass is 9.70. The van der Waals surface area contributed by atoms with Crippen LogP contribution in [0, 0.1) is 22.7 Å². The van der Waals surface area contributed by atoms with Gasteiger partial charge in [-0.1, -0.05) is 301 Å². The Kier molecular flexibility index (Phi) is 16.9. The smallest absolute Gasteiger partial charge is 0.463 e. The van der Waals surface area contributed by atoms with Crippen molar-refractivity contribution in [2.45, 2.75) is 49.7 Å². The van der Waals surface area contributed by atoms with E-state index in [1.165, 1.54) is 61.2 Å². The Morgan fingerprint density at radius 2 is 0.593 bits per heavy atom. The minimum Gasteiger partial charge on any atom is -0.463 e. The number of halogens is 1. The number of furan rings is 2. The first-order chi connectivity index (χ1) is 57.8. The van der Waals surface area contributed by atoms with Gasteiger partial charge in [-0.15, -0.1) is 0 Å². The van der Waals surface area contributed by atoms with Crippen LogP contribution in [-0.4, -0.2) is 48.2 Å². The van der Waals surface area contributed by atoms with Gasteiger partial charge in [0.1, 0.15) is 12.1 Å². The molecule has 0 amide bonds. The number of nitriles is 2. The minimum atomic E-state index is -0.600. The van der Waals surface area contributed by atoms with Crippen molar-refractivity contribution in [1.82, 2.24) is 29.9 Å². The van der Waals surface area contributed by atoms with Gasteiger partial charge in [0.25, 0.3) is 0 Å². The molecule has 0 N–H and O–H groups in total. The van der Waals surface area contributed by atoms with Gasteiger partial charge in [0.2, 0.25) is 0 Å². The van der Waals surface area contributed by atoms with Crippen LogP contribution in [0.15, 0.2) is 353 Å². The van der Waals surface area contributed by atoms with E-state index in [0.717, 1.165) is 93.0 Å². The van der Waals surface area contributed by atoms with Gasteiger partial charge in [-0.2, -0.15) is 10.5 Å². The number of hydrogen-bond donors (Lipinski definition) is 0. The Morgan fingerprint density at radius 3 is 0.958 bits per heavy atom. The Bertz CT molecular complexity index is 6960. The molecule has 0 atom stereocenters. The molecule has 2 spiro atoms. The van der Waals surface area contributed by atoms with Crippen LogP contribution >= 0.6 is 15.9 Å². The molecule has 5 heterocycles. The maximum Gasteiger partial charge on any atom is 0.494 e. The third kappa shape index (κ3) is 11.2. The SMILES string of the molecule is CC1(C)OB(c2ccc(-c3nc(-c4ccccc4)nc(-c4ccccc4)n3)cc2)OC1(C)C.N#Cc1cc2c(c3ccoc13)-c1ccc(-c3ccc(-c4nc(-c5ccccc5)nc(-c5ccccc5)n4)cc3)cc1C21c2ccccc2-c2ccccc21.N#Cc1cc2c(c3ccoc13)-c1ccc(Br)cc1C21c2ccccc2-c2ccccc21. The molecule has 0 radical (unpaired) electrons. The normalized spacial score (nSPS) is 14.3. The van der Waals surface area contributed by atoms with E-state index >= 15 is 0 Å². The van der Waals surface area contributed by atoms with Crippen molar-refractivity contribution in [2.24, 2.45) is 0 Å². The van der Waals surface area contributed by atoms with Gasteiger partial charge in [-0.05, 0) is 176 Å². The summed E-state index contributed by atoms with van der Waals surface area (Å²) in [7, 11) is -0.401. The molecule has 4 aliphatic carbocycles. The first kappa shape index (κ1) is 71.4. The topological polar surface area (TPSA) is 170 Å². The van der Waals surface area contributed by atoms with Crippen LogP contribution in [0.25, 0.3) is 146 Å². The zero-order valence-electron chi connectivity index (χ0n) is 64.5. The maximum absolute atomic E-state index is 10.3. The molecule has 1 fully saturated rings. The lowest BCUT2D eigenvalue weighted by Crippen LogP contribution is -2.41. The average Bonchev–Trinajstić information content (AvgIpc) is 1.51. The molecule has 0 saturated carbocycles. The third-order valence-corrected chi connectivity index (χ3v) is 24.8. The quantitative estimate of drug-likeness (QED) is 0.132. The van der Waals surface area contributed by atoms with E-state index in [4.69, 9.17) is 48.0 Å². The molecule has 118 heavy (non-hydrogen) atoms. The molecule has 4 aromatic heterocycles. The molecule has 14 aromatic carbocycles. The fourth-order valence-corrected chi connectivity index (χ4v) is 18.7. The molecule has 23 rings (SSSR count). The summed E-state index contributed by atoms with van der Waals surface area (Å²) >= 11 is 3.72. The summed E-state index contributed by atoms with van der Waals surface area (Å²) in [6.07, 6.45) is 3.38. The Hall–Kier alpha value is -14.4. The molecular weight excluding hydrogens is 1520 g/mol. The highest BCUT2D eigenvalue weighted by Crippen LogP contribution is 2.66. The molecule has 5 aliphatic rings. The van der Waals surface area contributed by atoms with E-state index in [9.17, 15) is 10.5 Å². The van der Waals surface area contributed by atoms with Crippen LogP contribution in [0.3, 0.4) is 0 Å². The van der Waals surface area contributed by atoms with Gasteiger partial charge in [-0.25, -0.2) is 29.9 Å². The van der Waals surface area contributed by atoms with Crippen LogP contribution < -0.4 is 5.46 Å². The predicted octanol–water partition coefficient (Wildman–Crippen LogP) is 24.1. The highest BCUT2D eigenvalue weighted by Gasteiger charge is 2.55. The number of nitrogens with zero attached hydrogens (tertiary/aromatic N) is 8.